The van der Waals surface area contributed by atoms with E-state index in [9.17, 15) is 14.4 Å². The Hall–Kier alpha value is -4.19. The summed E-state index contributed by atoms with van der Waals surface area (Å²) in [7, 11) is 0. The summed E-state index contributed by atoms with van der Waals surface area (Å²) in [4.78, 5) is 38.3. The number of allylic oxidation sites excluding steroid dienone is 20. The smallest absolute Gasteiger partial charge is 0.306 e. The summed E-state index contributed by atoms with van der Waals surface area (Å²) in [6, 6.07) is 0. The van der Waals surface area contributed by atoms with Crippen LogP contribution in [0.4, 0.5) is 0 Å². The standard InChI is InChI=1S/C69H114O6/c1-4-7-10-13-16-19-22-25-28-30-31-32-33-34-35-36-37-39-41-44-47-50-53-56-59-62-68(71)74-65-66(64-73-67(70)61-58-55-52-49-46-43-40-27-24-21-18-15-12-9-6-3)75-69(72)63-60-57-54-51-48-45-42-38-29-26-23-20-17-14-11-8-5-2/h7-8,10-11,16-17,19-20,25-26,28-29,31-32,34-35,37,39,44,47,66H,4-6,9,12-15,18,21-24,27,30,33,36,38,40-43,45-46,48-65H2,1-3H3/b10-7-,11-8-,19-16-,20-17-,28-25-,29-26-,32-31-,35-34-,39-37-,47-44-. The quantitative estimate of drug-likeness (QED) is 0.0261. The Kier molecular flexibility index (Phi) is 58.9. The van der Waals surface area contributed by atoms with Gasteiger partial charge in [-0.3, -0.25) is 14.4 Å². The predicted octanol–water partition coefficient (Wildman–Crippen LogP) is 21.2. The number of esters is 3. The highest BCUT2D eigenvalue weighted by Crippen LogP contribution is 2.16. The number of unbranched alkanes of at least 4 members (excludes halogenated alkanes) is 24. The third kappa shape index (κ3) is 60.6. The molecule has 0 N–H and O–H groups in total. The van der Waals surface area contributed by atoms with Crippen LogP contribution < -0.4 is 0 Å². The number of rotatable bonds is 55. The van der Waals surface area contributed by atoms with Gasteiger partial charge in [0.25, 0.3) is 0 Å². The second kappa shape index (κ2) is 62.4. The summed E-state index contributed by atoms with van der Waals surface area (Å²) in [6.07, 6.45) is 86.2. The molecule has 0 aromatic carbocycles. The number of hydrogen-bond donors (Lipinski definition) is 0. The van der Waals surface area contributed by atoms with Gasteiger partial charge in [-0.15, -0.1) is 0 Å². The van der Waals surface area contributed by atoms with E-state index in [0.717, 1.165) is 135 Å². The molecule has 6 nitrogen and oxygen atoms in total. The number of carbonyl (C=O) groups excluding carboxylic acids is 3. The lowest BCUT2D eigenvalue weighted by molar-refractivity contribution is -0.167. The molecule has 1 unspecified atom stereocenters. The van der Waals surface area contributed by atoms with Crippen molar-refractivity contribution in [3.05, 3.63) is 122 Å². The van der Waals surface area contributed by atoms with E-state index < -0.39 is 6.10 Å². The minimum Gasteiger partial charge on any atom is -0.462 e. The Labute approximate surface area is 462 Å². The van der Waals surface area contributed by atoms with E-state index in [4.69, 9.17) is 14.2 Å². The van der Waals surface area contributed by atoms with Gasteiger partial charge in [0, 0.05) is 19.3 Å². The Bertz CT molecular complexity index is 1570. The van der Waals surface area contributed by atoms with Crippen molar-refractivity contribution in [1.29, 1.82) is 0 Å². The van der Waals surface area contributed by atoms with Gasteiger partial charge in [-0.1, -0.05) is 271 Å². The number of carbonyl (C=O) groups is 3. The van der Waals surface area contributed by atoms with Crippen molar-refractivity contribution < 1.29 is 28.6 Å². The van der Waals surface area contributed by atoms with Gasteiger partial charge in [0.2, 0.25) is 0 Å². The fourth-order valence-corrected chi connectivity index (χ4v) is 8.38. The molecule has 426 valence electrons. The molecule has 0 aromatic heterocycles. The average Bonchev–Trinajstić information content (AvgIpc) is 3.41. The Morgan fingerprint density at radius 2 is 0.520 bits per heavy atom. The first kappa shape index (κ1) is 70.8. The fraction of sp³-hybridized carbons (Fsp3) is 0.667. The second-order valence-electron chi connectivity index (χ2n) is 20.2. The summed E-state index contributed by atoms with van der Waals surface area (Å²) in [6.45, 7) is 6.39. The van der Waals surface area contributed by atoms with E-state index in [1.807, 2.05) is 0 Å². The average molecular weight is 1040 g/mol. The van der Waals surface area contributed by atoms with Crippen LogP contribution in [0.2, 0.25) is 0 Å². The highest BCUT2D eigenvalue weighted by molar-refractivity contribution is 5.71. The van der Waals surface area contributed by atoms with Crippen LogP contribution >= 0.6 is 0 Å². The van der Waals surface area contributed by atoms with E-state index >= 15 is 0 Å². The van der Waals surface area contributed by atoms with Gasteiger partial charge < -0.3 is 14.2 Å². The third-order valence-electron chi connectivity index (χ3n) is 13.0. The van der Waals surface area contributed by atoms with Gasteiger partial charge in [-0.2, -0.15) is 0 Å². The van der Waals surface area contributed by atoms with Crippen molar-refractivity contribution in [2.45, 2.75) is 284 Å². The molecule has 0 aliphatic carbocycles. The highest BCUT2D eigenvalue weighted by Gasteiger charge is 2.19. The zero-order chi connectivity index (χ0) is 54.3. The molecule has 0 fully saturated rings. The molecule has 0 aromatic rings. The Morgan fingerprint density at radius 1 is 0.280 bits per heavy atom. The molecular weight excluding hydrogens is 925 g/mol. The zero-order valence-electron chi connectivity index (χ0n) is 48.8. The van der Waals surface area contributed by atoms with Crippen molar-refractivity contribution in [3.8, 4) is 0 Å². The monoisotopic (exact) mass is 1040 g/mol. The van der Waals surface area contributed by atoms with Crippen LogP contribution in [0.3, 0.4) is 0 Å². The van der Waals surface area contributed by atoms with Gasteiger partial charge >= 0.3 is 17.9 Å². The molecule has 0 rings (SSSR count). The van der Waals surface area contributed by atoms with Crippen molar-refractivity contribution in [2.75, 3.05) is 13.2 Å². The minimum absolute atomic E-state index is 0.0932. The second-order valence-corrected chi connectivity index (χ2v) is 20.2. The van der Waals surface area contributed by atoms with E-state index in [1.165, 1.54) is 103 Å². The molecule has 0 aliphatic heterocycles. The van der Waals surface area contributed by atoms with Crippen molar-refractivity contribution >= 4 is 17.9 Å². The first-order chi connectivity index (χ1) is 37.0. The van der Waals surface area contributed by atoms with E-state index in [1.54, 1.807) is 0 Å². The molecule has 0 bridgehead atoms. The van der Waals surface area contributed by atoms with Gasteiger partial charge in [0.15, 0.2) is 6.10 Å². The molecule has 0 heterocycles. The first-order valence-corrected chi connectivity index (χ1v) is 31.0. The summed E-state index contributed by atoms with van der Waals surface area (Å²) in [5.41, 5.74) is 0. The summed E-state index contributed by atoms with van der Waals surface area (Å²) >= 11 is 0. The molecule has 0 spiro atoms. The van der Waals surface area contributed by atoms with Crippen molar-refractivity contribution in [2.24, 2.45) is 0 Å². The number of hydrogen-bond acceptors (Lipinski definition) is 6. The van der Waals surface area contributed by atoms with Crippen LogP contribution in [0.25, 0.3) is 0 Å². The summed E-state index contributed by atoms with van der Waals surface area (Å²) < 4.78 is 16.9. The summed E-state index contributed by atoms with van der Waals surface area (Å²) in [5.74, 6) is -0.933. The van der Waals surface area contributed by atoms with Crippen LogP contribution in [0.1, 0.15) is 278 Å². The van der Waals surface area contributed by atoms with Crippen LogP contribution in [0.15, 0.2) is 122 Å². The molecule has 75 heavy (non-hydrogen) atoms. The lowest BCUT2D eigenvalue weighted by Gasteiger charge is -2.18. The zero-order valence-corrected chi connectivity index (χ0v) is 48.8. The van der Waals surface area contributed by atoms with E-state index in [2.05, 4.69) is 142 Å². The molecule has 0 amide bonds. The highest BCUT2D eigenvalue weighted by atomic mass is 16.6. The number of ether oxygens (including phenoxy) is 3. The van der Waals surface area contributed by atoms with Gasteiger partial charge in [0.05, 0.1) is 0 Å². The normalized spacial score (nSPS) is 12.9. The Balaban J connectivity index is 4.45. The van der Waals surface area contributed by atoms with Crippen LogP contribution in [-0.4, -0.2) is 37.2 Å². The summed E-state index contributed by atoms with van der Waals surface area (Å²) in [5, 5.41) is 0. The molecule has 0 saturated heterocycles. The predicted molar refractivity (Wildman–Crippen MR) is 325 cm³/mol. The molecule has 6 heteroatoms. The van der Waals surface area contributed by atoms with Crippen LogP contribution in [0, 0.1) is 0 Å². The molecule has 1 atom stereocenters. The lowest BCUT2D eigenvalue weighted by Crippen LogP contribution is -2.30. The molecular formula is C69H114O6. The van der Waals surface area contributed by atoms with Crippen LogP contribution in [-0.2, 0) is 28.6 Å². The largest absolute Gasteiger partial charge is 0.462 e. The maximum atomic E-state index is 12.9. The van der Waals surface area contributed by atoms with Crippen LogP contribution in [0.5, 0.6) is 0 Å². The van der Waals surface area contributed by atoms with Gasteiger partial charge in [-0.25, -0.2) is 0 Å². The first-order valence-electron chi connectivity index (χ1n) is 31.0. The van der Waals surface area contributed by atoms with Crippen molar-refractivity contribution in [1.82, 2.24) is 0 Å². The SMILES string of the molecule is CC/C=C\C/C=C\C/C=C\C/C=C\C/C=C\C/C=C\C/C=C\CCCCCC(=O)OCC(COC(=O)CCCCCCCCCCCCCCCCC)OC(=O)CCCCCCCCC/C=C\C/C=C\C/C=C\CC. The maximum absolute atomic E-state index is 12.9. The van der Waals surface area contributed by atoms with Gasteiger partial charge in [0.1, 0.15) is 13.2 Å². The fourth-order valence-electron chi connectivity index (χ4n) is 8.38. The molecule has 0 aliphatic rings. The lowest BCUT2D eigenvalue weighted by atomic mass is 10.0. The van der Waals surface area contributed by atoms with E-state index in [0.29, 0.717) is 19.3 Å². The van der Waals surface area contributed by atoms with Gasteiger partial charge in [-0.05, 0) is 109 Å². The van der Waals surface area contributed by atoms with Crippen molar-refractivity contribution in [3.63, 3.8) is 0 Å². The van der Waals surface area contributed by atoms with E-state index in [-0.39, 0.29) is 31.1 Å². The minimum atomic E-state index is -0.800. The Morgan fingerprint density at radius 3 is 0.827 bits per heavy atom. The topological polar surface area (TPSA) is 78.9 Å². The maximum Gasteiger partial charge on any atom is 0.306 e. The third-order valence-corrected chi connectivity index (χ3v) is 13.0. The molecule has 0 saturated carbocycles. The molecule has 0 radical (unpaired) electrons.